The molecule has 0 aliphatic heterocycles. The maximum atomic E-state index is 13.0. The van der Waals surface area contributed by atoms with E-state index in [9.17, 15) is 19.5 Å². The summed E-state index contributed by atoms with van der Waals surface area (Å²) in [5.74, 6) is -2.27. The lowest BCUT2D eigenvalue weighted by Crippen LogP contribution is -2.44. The van der Waals surface area contributed by atoms with Gasteiger partial charge in [0.1, 0.15) is 13.2 Å². The van der Waals surface area contributed by atoms with Crippen molar-refractivity contribution in [3.63, 3.8) is 0 Å². The molecule has 0 aliphatic carbocycles. The van der Waals surface area contributed by atoms with Crippen LogP contribution in [0.4, 0.5) is 0 Å². The number of carboxylic acid groups (broad SMARTS) is 1. The molecule has 0 saturated carbocycles. The van der Waals surface area contributed by atoms with Crippen LogP contribution in [-0.4, -0.2) is 82.3 Å². The standard InChI is InChI=1S/C90H153NO8/c1-6-8-10-12-14-16-18-20-22-24-26-28-30-32-34-36-38-40-41-42-43-44-45-46-47-49-51-53-55-57-59-61-63-65-67-69-71-73-75-77-79-81-88(93)99-86(85-98-90(89(94)95)96-83-82-91(3,4)5)84-97-87(92)80-78-76-74-72-70-68-66-64-62-60-58-56-54-52-50-48-39-37-35-33-31-29-27-25-23-21-19-17-15-13-11-9-7-2/h8-11,14-17,20-23,26-29,32,34,38,40,42-43,45-46,86,90H,6-7,12-13,18-19,24-25,30-31,33,35-37,39,41,44,47-85H2,1-5H3/b10-8-,11-9-,16-14-,17-15-,22-20-,23-21-,28-26-,29-27-,34-32-,40-38-,43-42-,46-45-. The molecule has 0 heterocycles. The van der Waals surface area contributed by atoms with Crippen LogP contribution in [0.2, 0.25) is 0 Å². The SMILES string of the molecule is CC/C=C\C/C=C\C/C=C\C/C=C\C/C=C\C/C=C\C/C=C\C/C=C\CCCCCCCCCCCCCCCCCCC(=O)OC(COC(=O)CCCCCCCCCCCCCCCCCCCCCC/C=C\C/C=C\C/C=C\C/C=C\CC)COC(OCC[N+](C)(C)C)C(=O)[O-]. The molecular weight excluding hydrogens is 1220 g/mol. The summed E-state index contributed by atoms with van der Waals surface area (Å²) in [7, 11) is 5.94. The van der Waals surface area contributed by atoms with Gasteiger partial charge in [-0.2, -0.15) is 0 Å². The fourth-order valence-electron chi connectivity index (χ4n) is 11.4. The number of carboxylic acids is 1. The Labute approximate surface area is 611 Å². The highest BCUT2D eigenvalue weighted by Gasteiger charge is 2.22. The quantitative estimate of drug-likeness (QED) is 0.0195. The number of hydrogen-bond acceptors (Lipinski definition) is 8. The fourth-order valence-corrected chi connectivity index (χ4v) is 11.4. The lowest BCUT2D eigenvalue weighted by molar-refractivity contribution is -0.870. The Morgan fingerprint density at radius 2 is 0.545 bits per heavy atom. The van der Waals surface area contributed by atoms with Crippen LogP contribution in [0.15, 0.2) is 146 Å². The van der Waals surface area contributed by atoms with Gasteiger partial charge in [0, 0.05) is 12.8 Å². The summed E-state index contributed by atoms with van der Waals surface area (Å²) >= 11 is 0. The van der Waals surface area contributed by atoms with Gasteiger partial charge in [-0.3, -0.25) is 9.59 Å². The van der Waals surface area contributed by atoms with Gasteiger partial charge in [-0.1, -0.05) is 365 Å². The number of allylic oxidation sites excluding steroid dienone is 24. The van der Waals surface area contributed by atoms with Gasteiger partial charge in [0.25, 0.3) is 0 Å². The molecule has 0 saturated heterocycles. The summed E-state index contributed by atoms with van der Waals surface area (Å²) in [5, 5.41) is 11.9. The molecule has 9 heteroatoms. The first kappa shape index (κ1) is 94.2. The van der Waals surface area contributed by atoms with Gasteiger partial charge >= 0.3 is 11.9 Å². The maximum Gasteiger partial charge on any atom is 0.306 e. The van der Waals surface area contributed by atoms with Crippen LogP contribution in [0.3, 0.4) is 0 Å². The van der Waals surface area contributed by atoms with Gasteiger partial charge in [-0.15, -0.1) is 0 Å². The number of aliphatic carboxylic acids is 1. The molecule has 0 aromatic rings. The topological polar surface area (TPSA) is 111 Å². The third kappa shape index (κ3) is 80.4. The Hall–Kier alpha value is -4.83. The first-order valence-electron chi connectivity index (χ1n) is 41.0. The molecule has 0 N–H and O–H groups in total. The highest BCUT2D eigenvalue weighted by molar-refractivity contribution is 5.70. The van der Waals surface area contributed by atoms with Crippen LogP contribution in [0, 0.1) is 0 Å². The normalized spacial score (nSPS) is 13.4. The van der Waals surface area contributed by atoms with E-state index in [2.05, 4.69) is 160 Å². The first-order chi connectivity index (χ1) is 48.6. The van der Waals surface area contributed by atoms with Crippen molar-refractivity contribution in [1.82, 2.24) is 0 Å². The average molecular weight is 1380 g/mol. The van der Waals surface area contributed by atoms with Gasteiger partial charge in [-0.25, -0.2) is 0 Å². The summed E-state index contributed by atoms with van der Waals surface area (Å²) in [4.78, 5) is 37.6. The van der Waals surface area contributed by atoms with Crippen LogP contribution < -0.4 is 5.11 Å². The predicted molar refractivity (Wildman–Crippen MR) is 426 cm³/mol. The Morgan fingerprint density at radius 3 is 0.808 bits per heavy atom. The Morgan fingerprint density at radius 1 is 0.303 bits per heavy atom. The van der Waals surface area contributed by atoms with E-state index in [4.69, 9.17) is 18.9 Å². The summed E-state index contributed by atoms with van der Waals surface area (Å²) in [5.41, 5.74) is 0. The molecular formula is C90H153NO8. The lowest BCUT2D eigenvalue weighted by Gasteiger charge is -2.26. The molecule has 99 heavy (non-hydrogen) atoms. The molecule has 0 radical (unpaired) electrons. The number of esters is 2. The van der Waals surface area contributed by atoms with E-state index >= 15 is 0 Å². The van der Waals surface area contributed by atoms with Crippen molar-refractivity contribution in [2.75, 3.05) is 47.5 Å². The number of hydrogen-bond donors (Lipinski definition) is 0. The first-order valence-corrected chi connectivity index (χ1v) is 41.0. The number of quaternary nitrogens is 1. The van der Waals surface area contributed by atoms with Crippen molar-refractivity contribution in [2.24, 2.45) is 0 Å². The minimum absolute atomic E-state index is 0.145. The van der Waals surface area contributed by atoms with Gasteiger partial charge in [0.05, 0.1) is 40.3 Å². The molecule has 0 rings (SSSR count). The minimum atomic E-state index is -1.63. The molecule has 2 atom stereocenters. The molecule has 2 unspecified atom stereocenters. The molecule has 0 amide bonds. The van der Waals surface area contributed by atoms with Crippen LogP contribution in [0.25, 0.3) is 0 Å². The Balaban J connectivity index is 4.02. The Kier molecular flexibility index (Phi) is 75.0. The summed E-state index contributed by atoms with van der Waals surface area (Å²) in [6.07, 6.45) is 113. The second-order valence-corrected chi connectivity index (χ2v) is 28.3. The minimum Gasteiger partial charge on any atom is -0.545 e. The number of nitrogens with zero attached hydrogens (tertiary/aromatic N) is 1. The number of carbonyl (C=O) groups is 3. The molecule has 0 aromatic heterocycles. The number of likely N-dealkylation sites (N-methyl/N-ethyl adjacent to an activating group) is 1. The molecule has 0 spiro atoms. The number of carbonyl (C=O) groups excluding carboxylic acids is 3. The van der Waals surface area contributed by atoms with Gasteiger partial charge in [-0.05, 0) is 116 Å². The largest absolute Gasteiger partial charge is 0.545 e. The van der Waals surface area contributed by atoms with Crippen LogP contribution in [0.5, 0.6) is 0 Å². The van der Waals surface area contributed by atoms with E-state index < -0.39 is 24.3 Å². The number of rotatable bonds is 75. The van der Waals surface area contributed by atoms with E-state index in [-0.39, 0.29) is 32.2 Å². The predicted octanol–water partition coefficient (Wildman–Crippen LogP) is 25.3. The number of ether oxygens (including phenoxy) is 4. The zero-order chi connectivity index (χ0) is 71.8. The lowest BCUT2D eigenvalue weighted by atomic mass is 10.0. The maximum absolute atomic E-state index is 13.0. The van der Waals surface area contributed by atoms with Crippen molar-refractivity contribution in [3.05, 3.63) is 146 Å². The molecule has 9 nitrogen and oxygen atoms in total. The van der Waals surface area contributed by atoms with E-state index in [1.54, 1.807) is 0 Å². The third-order valence-electron chi connectivity index (χ3n) is 17.6. The highest BCUT2D eigenvalue weighted by atomic mass is 16.7. The van der Waals surface area contributed by atoms with Gasteiger partial charge < -0.3 is 33.3 Å². The van der Waals surface area contributed by atoms with Crippen LogP contribution in [-0.2, 0) is 33.3 Å². The van der Waals surface area contributed by atoms with Gasteiger partial charge in [0.15, 0.2) is 12.4 Å². The second-order valence-electron chi connectivity index (χ2n) is 28.3. The van der Waals surface area contributed by atoms with Gasteiger partial charge in [0.2, 0.25) is 0 Å². The molecule has 0 aromatic carbocycles. The Bertz CT molecular complexity index is 2150. The monoisotopic (exact) mass is 1380 g/mol. The van der Waals surface area contributed by atoms with E-state index in [1.807, 2.05) is 21.1 Å². The molecule has 0 bridgehead atoms. The third-order valence-corrected chi connectivity index (χ3v) is 17.6. The average Bonchev–Trinajstić information content (AvgIpc) is 2.62. The molecule has 0 fully saturated rings. The van der Waals surface area contributed by atoms with E-state index in [0.29, 0.717) is 23.9 Å². The van der Waals surface area contributed by atoms with E-state index in [0.717, 1.165) is 116 Å². The zero-order valence-electron chi connectivity index (χ0n) is 64.8. The van der Waals surface area contributed by atoms with Crippen molar-refractivity contribution in [2.45, 2.75) is 360 Å². The van der Waals surface area contributed by atoms with Crippen LogP contribution in [0.1, 0.15) is 348 Å². The van der Waals surface area contributed by atoms with Crippen molar-refractivity contribution in [1.29, 1.82) is 0 Å². The summed E-state index contributed by atoms with van der Waals surface area (Å²) in [6.45, 7) is 4.55. The van der Waals surface area contributed by atoms with Crippen molar-refractivity contribution in [3.8, 4) is 0 Å². The smallest absolute Gasteiger partial charge is 0.306 e. The highest BCUT2D eigenvalue weighted by Crippen LogP contribution is 2.19. The van der Waals surface area contributed by atoms with Crippen molar-refractivity contribution < 1.29 is 42.9 Å². The van der Waals surface area contributed by atoms with Crippen LogP contribution >= 0.6 is 0 Å². The summed E-state index contributed by atoms with van der Waals surface area (Å²) < 4.78 is 22.9. The molecule has 0 aliphatic rings. The van der Waals surface area contributed by atoms with E-state index in [1.165, 1.54) is 199 Å². The zero-order valence-corrected chi connectivity index (χ0v) is 64.8. The fraction of sp³-hybridized carbons (Fsp3) is 0.700. The second kappa shape index (κ2) is 78.9. The number of unbranched alkanes of at least 4 members (excludes halogenated alkanes) is 36. The summed E-state index contributed by atoms with van der Waals surface area (Å²) in [6, 6.07) is 0. The van der Waals surface area contributed by atoms with Crippen molar-refractivity contribution >= 4 is 17.9 Å². The molecule has 566 valence electrons.